The summed E-state index contributed by atoms with van der Waals surface area (Å²) in [5.41, 5.74) is 1.02. The minimum absolute atomic E-state index is 0.0632. The highest BCUT2D eigenvalue weighted by atomic mass is 32.1. The number of nitrogens with zero attached hydrogens (tertiary/aromatic N) is 4. The minimum Gasteiger partial charge on any atom is -0.445 e. The maximum absolute atomic E-state index is 13.3. The molecule has 0 aliphatic carbocycles. The molecule has 3 amide bonds. The average Bonchev–Trinajstić information content (AvgIpc) is 3.57. The molecule has 2 aliphatic heterocycles. The van der Waals surface area contributed by atoms with Crippen LogP contribution < -0.4 is 5.32 Å². The summed E-state index contributed by atoms with van der Waals surface area (Å²) in [6, 6.07) is 10.2. The number of thiol groups is 1. The van der Waals surface area contributed by atoms with Gasteiger partial charge in [-0.15, -0.1) is 0 Å². The summed E-state index contributed by atoms with van der Waals surface area (Å²) < 4.78 is 10.6. The third-order valence-corrected chi connectivity index (χ3v) is 7.02. The van der Waals surface area contributed by atoms with Crippen molar-refractivity contribution in [3.05, 3.63) is 79.9 Å². The fourth-order valence-electron chi connectivity index (χ4n) is 4.55. The minimum atomic E-state index is -0.764. The zero-order chi connectivity index (χ0) is 28.8. The molecule has 2 saturated heterocycles. The largest absolute Gasteiger partial charge is 0.445 e. The van der Waals surface area contributed by atoms with E-state index in [9.17, 15) is 34.6 Å². The van der Waals surface area contributed by atoms with E-state index >= 15 is 0 Å². The van der Waals surface area contributed by atoms with Crippen molar-refractivity contribution < 1.29 is 33.7 Å². The number of non-ortho nitro benzene ring substituents is 2. The maximum atomic E-state index is 13.3. The third kappa shape index (κ3) is 7.16. The third-order valence-electron chi connectivity index (χ3n) is 6.65. The lowest BCUT2D eigenvalue weighted by molar-refractivity contribution is -0.385. The van der Waals surface area contributed by atoms with Gasteiger partial charge in [0.1, 0.15) is 19.3 Å². The van der Waals surface area contributed by atoms with Crippen LogP contribution in [0.2, 0.25) is 0 Å². The Labute approximate surface area is 233 Å². The molecule has 0 unspecified atom stereocenters. The summed E-state index contributed by atoms with van der Waals surface area (Å²) in [7, 11) is 0. The smallest absolute Gasteiger partial charge is 0.410 e. The normalized spacial score (nSPS) is 20.2. The molecule has 15 heteroatoms. The number of rotatable bonds is 8. The number of amides is 3. The number of nitro groups is 2. The molecule has 0 radical (unpaired) electrons. The van der Waals surface area contributed by atoms with E-state index in [4.69, 9.17) is 9.47 Å². The number of carbonyl (C=O) groups excluding carboxylic acids is 3. The Morgan fingerprint density at radius 2 is 1.45 bits per heavy atom. The van der Waals surface area contributed by atoms with Gasteiger partial charge in [-0.25, -0.2) is 9.59 Å². The molecule has 2 aliphatic rings. The van der Waals surface area contributed by atoms with Gasteiger partial charge in [-0.3, -0.25) is 29.9 Å². The predicted octanol–water partition coefficient (Wildman–Crippen LogP) is 3.04. The van der Waals surface area contributed by atoms with Crippen LogP contribution in [0.25, 0.3) is 0 Å². The zero-order valence-corrected chi connectivity index (χ0v) is 22.1. The number of hydrogen-bond donors (Lipinski definition) is 2. The summed E-state index contributed by atoms with van der Waals surface area (Å²) in [5, 5.41) is 24.0. The summed E-state index contributed by atoms with van der Waals surface area (Å²) in [6.45, 7) is 0.671. The monoisotopic (exact) mass is 573 g/mol. The second-order valence-corrected chi connectivity index (χ2v) is 10.2. The second-order valence-electron chi connectivity index (χ2n) is 9.45. The highest BCUT2D eigenvalue weighted by molar-refractivity contribution is 7.81. The molecule has 0 spiro atoms. The molecule has 2 fully saturated rings. The van der Waals surface area contributed by atoms with E-state index in [0.717, 1.165) is 0 Å². The molecule has 0 aromatic heterocycles. The van der Waals surface area contributed by atoms with E-state index < -0.39 is 28.1 Å². The van der Waals surface area contributed by atoms with E-state index in [1.54, 1.807) is 4.90 Å². The molecule has 40 heavy (non-hydrogen) atoms. The Morgan fingerprint density at radius 3 is 2.00 bits per heavy atom. The van der Waals surface area contributed by atoms with Gasteiger partial charge in [0.15, 0.2) is 0 Å². The van der Waals surface area contributed by atoms with Crippen LogP contribution in [0.1, 0.15) is 24.0 Å². The van der Waals surface area contributed by atoms with Crippen molar-refractivity contribution in [2.24, 2.45) is 0 Å². The van der Waals surface area contributed by atoms with Crippen LogP contribution in [-0.2, 0) is 27.5 Å². The lowest BCUT2D eigenvalue weighted by Crippen LogP contribution is -2.48. The lowest BCUT2D eigenvalue weighted by atomic mass is 10.2. The van der Waals surface area contributed by atoms with Crippen LogP contribution in [0, 0.1) is 20.2 Å². The number of likely N-dealkylation sites (tertiary alicyclic amines) is 2. The summed E-state index contributed by atoms with van der Waals surface area (Å²) in [4.78, 5) is 61.8. The average molecular weight is 574 g/mol. The number of carbonyl (C=O) groups is 3. The molecule has 2 aromatic rings. The predicted molar refractivity (Wildman–Crippen MR) is 143 cm³/mol. The van der Waals surface area contributed by atoms with Crippen molar-refractivity contribution in [2.75, 3.05) is 19.6 Å². The van der Waals surface area contributed by atoms with Gasteiger partial charge in [0, 0.05) is 49.1 Å². The topological polar surface area (TPSA) is 174 Å². The zero-order valence-electron chi connectivity index (χ0n) is 21.2. The van der Waals surface area contributed by atoms with Gasteiger partial charge in [0.2, 0.25) is 5.91 Å². The molecule has 1 N–H and O–H groups in total. The number of benzene rings is 2. The Balaban J connectivity index is 1.25. The van der Waals surface area contributed by atoms with E-state index in [1.165, 1.54) is 53.4 Å². The highest BCUT2D eigenvalue weighted by Gasteiger charge is 2.42. The van der Waals surface area contributed by atoms with Crippen LogP contribution >= 0.6 is 12.6 Å². The van der Waals surface area contributed by atoms with Gasteiger partial charge >= 0.3 is 12.2 Å². The Kier molecular flexibility index (Phi) is 9.04. The number of nitro benzene ring substituents is 2. The molecule has 4 rings (SSSR count). The molecular formula is C25H27N5O9S. The van der Waals surface area contributed by atoms with Gasteiger partial charge in [0.05, 0.1) is 15.9 Å². The Bertz CT molecular complexity index is 1270. The SMILES string of the molecule is O=C(N[C@@H]1CCN(C(=O)[C@@H]2C[C@H](S)CN2C(=O)OCc2ccc([N+](=O)[O-])cc2)C1)OCc1ccc([N+](=O)[O-])cc1. The Hall–Kier alpha value is -4.40. The number of ether oxygens (including phenoxy) is 2. The second kappa shape index (κ2) is 12.6. The standard InChI is InChI=1S/C25H27N5O9S/c31-23(22-11-21(40)13-28(22)25(33)39-15-17-3-7-20(8-4-17)30(36)37)27-10-9-18(12-27)26-24(32)38-14-16-1-5-19(6-2-16)29(34)35/h1-8,18,21-22,40H,9-15H2,(H,26,32)/t18-,21+,22+/m1/s1. The van der Waals surface area contributed by atoms with Crippen LogP contribution in [0.3, 0.4) is 0 Å². The van der Waals surface area contributed by atoms with Crippen LogP contribution in [-0.4, -0.2) is 74.7 Å². The van der Waals surface area contributed by atoms with Crippen LogP contribution in [0.4, 0.5) is 21.0 Å². The van der Waals surface area contributed by atoms with Crippen LogP contribution in [0.5, 0.6) is 0 Å². The lowest BCUT2D eigenvalue weighted by Gasteiger charge is -2.27. The molecule has 2 heterocycles. The first-order chi connectivity index (χ1) is 19.1. The number of nitrogens with one attached hydrogen (secondary N) is 1. The molecule has 14 nitrogen and oxygen atoms in total. The fraction of sp³-hybridized carbons (Fsp3) is 0.400. The van der Waals surface area contributed by atoms with Gasteiger partial charge in [-0.1, -0.05) is 0 Å². The first-order valence-corrected chi connectivity index (χ1v) is 12.9. The maximum Gasteiger partial charge on any atom is 0.410 e. The first-order valence-electron chi connectivity index (χ1n) is 12.4. The first kappa shape index (κ1) is 28.6. The molecule has 0 bridgehead atoms. The fourth-order valence-corrected chi connectivity index (χ4v) is 4.93. The number of alkyl carbamates (subject to hydrolysis) is 1. The van der Waals surface area contributed by atoms with Crippen molar-refractivity contribution >= 4 is 42.1 Å². The van der Waals surface area contributed by atoms with Gasteiger partial charge < -0.3 is 19.7 Å². The van der Waals surface area contributed by atoms with Crippen molar-refractivity contribution in [3.63, 3.8) is 0 Å². The molecule has 0 saturated carbocycles. The van der Waals surface area contributed by atoms with Crippen molar-refractivity contribution in [2.45, 2.75) is 43.4 Å². The Morgan fingerprint density at radius 1 is 0.900 bits per heavy atom. The summed E-state index contributed by atoms with van der Waals surface area (Å²) >= 11 is 4.45. The molecule has 3 atom stereocenters. The molecule has 212 valence electrons. The van der Waals surface area contributed by atoms with Gasteiger partial charge in [0.25, 0.3) is 11.4 Å². The number of hydrogen-bond acceptors (Lipinski definition) is 10. The van der Waals surface area contributed by atoms with E-state index in [-0.39, 0.29) is 54.9 Å². The van der Waals surface area contributed by atoms with Gasteiger partial charge in [-0.05, 0) is 48.2 Å². The van der Waals surface area contributed by atoms with E-state index in [1.807, 2.05) is 0 Å². The summed E-state index contributed by atoms with van der Waals surface area (Å²) in [6.07, 6.45) is -0.511. The van der Waals surface area contributed by atoms with Crippen molar-refractivity contribution in [1.82, 2.24) is 15.1 Å². The quantitative estimate of drug-likeness (QED) is 0.273. The van der Waals surface area contributed by atoms with E-state index in [0.29, 0.717) is 30.5 Å². The van der Waals surface area contributed by atoms with Gasteiger partial charge in [-0.2, -0.15) is 12.6 Å². The molecule has 2 aromatic carbocycles. The van der Waals surface area contributed by atoms with Crippen LogP contribution in [0.15, 0.2) is 48.5 Å². The molecular weight excluding hydrogens is 546 g/mol. The highest BCUT2D eigenvalue weighted by Crippen LogP contribution is 2.26. The van der Waals surface area contributed by atoms with Crippen molar-refractivity contribution in [1.29, 1.82) is 0 Å². The van der Waals surface area contributed by atoms with Crippen molar-refractivity contribution in [3.8, 4) is 0 Å². The summed E-state index contributed by atoms with van der Waals surface area (Å²) in [5.74, 6) is -0.271. The van der Waals surface area contributed by atoms with E-state index in [2.05, 4.69) is 17.9 Å².